The molecule has 1 aliphatic heterocycles. The molecule has 0 aliphatic carbocycles. The molecule has 6 nitrogen and oxygen atoms in total. The molecule has 1 saturated heterocycles. The third kappa shape index (κ3) is 3.39. The summed E-state index contributed by atoms with van der Waals surface area (Å²) in [6.45, 7) is 2.29. The van der Waals surface area contributed by atoms with Gasteiger partial charge < -0.3 is 15.2 Å². The molecule has 0 radical (unpaired) electrons. The van der Waals surface area contributed by atoms with Crippen LogP contribution in [0.4, 0.5) is 5.95 Å². The van der Waals surface area contributed by atoms with Gasteiger partial charge >= 0.3 is 5.97 Å². The summed E-state index contributed by atoms with van der Waals surface area (Å²) in [5.41, 5.74) is 0.00222. The summed E-state index contributed by atoms with van der Waals surface area (Å²) < 4.78 is 5.36. The fourth-order valence-corrected chi connectivity index (χ4v) is 1.77. The van der Waals surface area contributed by atoms with Gasteiger partial charge in [-0.05, 0) is 24.8 Å². The number of aromatic carboxylic acids is 1. The summed E-state index contributed by atoms with van der Waals surface area (Å²) in [5, 5.41) is 11.8. The normalized spacial score (nSPS) is 19.9. The molecule has 92 valence electrons. The largest absolute Gasteiger partial charge is 0.477 e. The second-order valence-corrected chi connectivity index (χ2v) is 4.03. The quantitative estimate of drug-likeness (QED) is 0.813. The van der Waals surface area contributed by atoms with E-state index < -0.39 is 5.97 Å². The molecular formula is C11H15N3O3. The second-order valence-electron chi connectivity index (χ2n) is 4.03. The molecule has 0 amide bonds. The van der Waals surface area contributed by atoms with Crippen molar-refractivity contribution in [2.24, 2.45) is 5.92 Å². The number of anilines is 1. The van der Waals surface area contributed by atoms with Gasteiger partial charge in [0.05, 0.1) is 6.61 Å². The monoisotopic (exact) mass is 237 g/mol. The van der Waals surface area contributed by atoms with E-state index in [9.17, 15) is 4.79 Å². The maximum Gasteiger partial charge on any atom is 0.354 e. The smallest absolute Gasteiger partial charge is 0.354 e. The zero-order chi connectivity index (χ0) is 12.1. The fraction of sp³-hybridized carbons (Fsp3) is 0.545. The van der Waals surface area contributed by atoms with E-state index in [1.54, 1.807) is 0 Å². The minimum absolute atomic E-state index is 0.00222. The van der Waals surface area contributed by atoms with Gasteiger partial charge in [0.25, 0.3) is 0 Å². The number of nitrogens with one attached hydrogen (secondary N) is 1. The van der Waals surface area contributed by atoms with Gasteiger partial charge in [-0.25, -0.2) is 14.8 Å². The first-order chi connectivity index (χ1) is 8.25. The van der Waals surface area contributed by atoms with E-state index in [2.05, 4.69) is 15.3 Å². The first kappa shape index (κ1) is 11.8. The van der Waals surface area contributed by atoms with Gasteiger partial charge in [0.15, 0.2) is 5.69 Å². The Morgan fingerprint density at radius 2 is 2.53 bits per heavy atom. The van der Waals surface area contributed by atoms with Crippen LogP contribution < -0.4 is 5.32 Å². The van der Waals surface area contributed by atoms with Crippen LogP contribution >= 0.6 is 0 Å². The van der Waals surface area contributed by atoms with E-state index in [-0.39, 0.29) is 5.69 Å². The molecule has 2 heterocycles. The predicted octanol–water partition coefficient (Wildman–Crippen LogP) is 1.01. The van der Waals surface area contributed by atoms with Crippen molar-refractivity contribution < 1.29 is 14.6 Å². The van der Waals surface area contributed by atoms with Crippen LogP contribution in [0.3, 0.4) is 0 Å². The lowest BCUT2D eigenvalue weighted by Gasteiger charge is -2.22. The van der Waals surface area contributed by atoms with Gasteiger partial charge in [0, 0.05) is 19.3 Å². The summed E-state index contributed by atoms with van der Waals surface area (Å²) in [4.78, 5) is 18.6. The molecule has 0 aromatic carbocycles. The highest BCUT2D eigenvalue weighted by Crippen LogP contribution is 2.13. The molecule has 0 saturated carbocycles. The van der Waals surface area contributed by atoms with Gasteiger partial charge in [0.1, 0.15) is 0 Å². The summed E-state index contributed by atoms with van der Waals surface area (Å²) in [5.74, 6) is -0.243. The van der Waals surface area contributed by atoms with Crippen molar-refractivity contribution in [3.8, 4) is 0 Å². The maximum atomic E-state index is 10.7. The van der Waals surface area contributed by atoms with Crippen molar-refractivity contribution in [1.29, 1.82) is 0 Å². The van der Waals surface area contributed by atoms with Crippen LogP contribution in [0.1, 0.15) is 23.3 Å². The third-order valence-electron chi connectivity index (χ3n) is 2.68. The van der Waals surface area contributed by atoms with Crippen LogP contribution in [-0.2, 0) is 4.74 Å². The summed E-state index contributed by atoms with van der Waals surface area (Å²) in [6.07, 6.45) is 3.63. The summed E-state index contributed by atoms with van der Waals surface area (Å²) in [6, 6.07) is 1.37. The van der Waals surface area contributed by atoms with Gasteiger partial charge in [-0.15, -0.1) is 0 Å². The number of hydrogen-bond acceptors (Lipinski definition) is 5. The lowest BCUT2D eigenvalue weighted by Crippen LogP contribution is -2.25. The summed E-state index contributed by atoms with van der Waals surface area (Å²) >= 11 is 0. The molecule has 1 unspecified atom stereocenters. The Morgan fingerprint density at radius 3 is 3.24 bits per heavy atom. The second kappa shape index (κ2) is 5.58. The van der Waals surface area contributed by atoms with Crippen molar-refractivity contribution in [3.63, 3.8) is 0 Å². The highest BCUT2D eigenvalue weighted by atomic mass is 16.5. The molecule has 2 N–H and O–H groups in total. The Bertz CT molecular complexity index is 391. The molecule has 0 spiro atoms. The Kier molecular flexibility index (Phi) is 3.87. The SMILES string of the molecule is O=C(O)c1ccnc(NCC2CCCOC2)n1. The first-order valence-corrected chi connectivity index (χ1v) is 5.63. The first-order valence-electron chi connectivity index (χ1n) is 5.63. The Morgan fingerprint density at radius 1 is 1.65 bits per heavy atom. The van der Waals surface area contributed by atoms with Crippen LogP contribution in [0.25, 0.3) is 0 Å². The number of carbonyl (C=O) groups is 1. The average Bonchev–Trinajstić information content (AvgIpc) is 2.38. The molecular weight excluding hydrogens is 222 g/mol. The number of ether oxygens (including phenoxy) is 1. The van der Waals surface area contributed by atoms with E-state index in [1.807, 2.05) is 0 Å². The standard InChI is InChI=1S/C11H15N3O3/c15-10(16)9-3-4-12-11(14-9)13-6-8-2-1-5-17-7-8/h3-4,8H,1-2,5-7H2,(H,15,16)(H,12,13,14). The van der Waals surface area contributed by atoms with Crippen molar-refractivity contribution in [2.75, 3.05) is 25.1 Å². The lowest BCUT2D eigenvalue weighted by molar-refractivity contribution is 0.0594. The minimum Gasteiger partial charge on any atom is -0.477 e. The van der Waals surface area contributed by atoms with Crippen molar-refractivity contribution >= 4 is 11.9 Å². The van der Waals surface area contributed by atoms with Crippen LogP contribution in [0.2, 0.25) is 0 Å². The number of nitrogens with zero attached hydrogens (tertiary/aromatic N) is 2. The zero-order valence-corrected chi connectivity index (χ0v) is 9.43. The van der Waals surface area contributed by atoms with E-state index in [0.29, 0.717) is 18.4 Å². The number of carboxylic acids is 1. The molecule has 1 aromatic heterocycles. The molecule has 1 fully saturated rings. The number of hydrogen-bond donors (Lipinski definition) is 2. The maximum absolute atomic E-state index is 10.7. The van der Waals surface area contributed by atoms with Crippen LogP contribution in [0.15, 0.2) is 12.3 Å². The van der Waals surface area contributed by atoms with Crippen molar-refractivity contribution in [3.05, 3.63) is 18.0 Å². The highest BCUT2D eigenvalue weighted by molar-refractivity contribution is 5.85. The predicted molar refractivity (Wildman–Crippen MR) is 61.0 cm³/mol. The minimum atomic E-state index is -1.04. The highest BCUT2D eigenvalue weighted by Gasteiger charge is 2.14. The molecule has 2 rings (SSSR count). The lowest BCUT2D eigenvalue weighted by atomic mass is 10.0. The van der Waals surface area contributed by atoms with Crippen molar-refractivity contribution in [1.82, 2.24) is 9.97 Å². The molecule has 1 aromatic rings. The van der Waals surface area contributed by atoms with E-state index in [0.717, 1.165) is 26.1 Å². The zero-order valence-electron chi connectivity index (χ0n) is 9.43. The van der Waals surface area contributed by atoms with Crippen LogP contribution in [-0.4, -0.2) is 40.8 Å². The number of aromatic nitrogens is 2. The third-order valence-corrected chi connectivity index (χ3v) is 2.68. The number of carboxylic acid groups (broad SMARTS) is 1. The van der Waals surface area contributed by atoms with Gasteiger partial charge in [-0.3, -0.25) is 0 Å². The van der Waals surface area contributed by atoms with E-state index >= 15 is 0 Å². The Balaban J connectivity index is 1.89. The van der Waals surface area contributed by atoms with Gasteiger partial charge in [0.2, 0.25) is 5.95 Å². The van der Waals surface area contributed by atoms with Gasteiger partial charge in [-0.1, -0.05) is 0 Å². The topological polar surface area (TPSA) is 84.3 Å². The Labute approximate surface area is 99.0 Å². The van der Waals surface area contributed by atoms with Crippen LogP contribution in [0, 0.1) is 5.92 Å². The van der Waals surface area contributed by atoms with Crippen molar-refractivity contribution in [2.45, 2.75) is 12.8 Å². The molecule has 1 aliphatic rings. The molecule has 0 bridgehead atoms. The average molecular weight is 237 g/mol. The Hall–Kier alpha value is -1.69. The van der Waals surface area contributed by atoms with Gasteiger partial charge in [-0.2, -0.15) is 0 Å². The molecule has 6 heteroatoms. The summed E-state index contributed by atoms with van der Waals surface area (Å²) in [7, 11) is 0. The molecule has 1 atom stereocenters. The molecule has 17 heavy (non-hydrogen) atoms. The fourth-order valence-electron chi connectivity index (χ4n) is 1.77. The van der Waals surface area contributed by atoms with E-state index in [1.165, 1.54) is 12.3 Å². The number of rotatable bonds is 4. The van der Waals surface area contributed by atoms with E-state index in [4.69, 9.17) is 9.84 Å². The van der Waals surface area contributed by atoms with Crippen LogP contribution in [0.5, 0.6) is 0 Å².